The van der Waals surface area contributed by atoms with Gasteiger partial charge in [0, 0.05) is 6.08 Å². The summed E-state index contributed by atoms with van der Waals surface area (Å²) in [6, 6.07) is 0. The lowest BCUT2D eigenvalue weighted by atomic mass is 10.2. The maximum absolute atomic E-state index is 10.8. The summed E-state index contributed by atoms with van der Waals surface area (Å²) in [6.45, 7) is 5.90. The Kier molecular flexibility index (Phi) is 2.28. The first-order chi connectivity index (χ1) is 5.08. The lowest BCUT2D eigenvalue weighted by Gasteiger charge is -2.23. The molecule has 0 saturated carbocycles. The van der Waals surface area contributed by atoms with E-state index in [-0.39, 0.29) is 5.97 Å². The zero-order valence-electron chi connectivity index (χ0n) is 7.01. The van der Waals surface area contributed by atoms with Gasteiger partial charge in [0.25, 0.3) is 0 Å². The number of thioether (sulfide) groups is 1. The van der Waals surface area contributed by atoms with Gasteiger partial charge in [0.15, 0.2) is 4.93 Å². The molecule has 0 radical (unpaired) electrons. The fourth-order valence-electron chi connectivity index (χ4n) is 1.03. The predicted octanol–water partition coefficient (Wildman–Crippen LogP) is 1.96. The van der Waals surface area contributed by atoms with E-state index >= 15 is 0 Å². The van der Waals surface area contributed by atoms with Gasteiger partial charge >= 0.3 is 5.97 Å². The molecule has 0 fully saturated rings. The van der Waals surface area contributed by atoms with Crippen LogP contribution in [0.3, 0.4) is 0 Å². The molecule has 11 heavy (non-hydrogen) atoms. The van der Waals surface area contributed by atoms with E-state index in [9.17, 15) is 4.79 Å². The minimum atomic E-state index is -0.397. The van der Waals surface area contributed by atoms with E-state index in [0.29, 0.717) is 0 Å². The standard InChI is InChI=1S/C8H12O2S/c1-4-11-8(3)6(2)5-7(9)10-8/h5H,4H2,1-3H3. The molecule has 1 atom stereocenters. The van der Waals surface area contributed by atoms with E-state index in [2.05, 4.69) is 6.92 Å². The number of carbonyl (C=O) groups excluding carboxylic acids is 1. The molecule has 62 valence electrons. The summed E-state index contributed by atoms with van der Waals surface area (Å²) in [5, 5.41) is 0. The van der Waals surface area contributed by atoms with Gasteiger partial charge in [-0.1, -0.05) is 6.92 Å². The number of rotatable bonds is 2. The Hall–Kier alpha value is -0.440. The molecule has 0 amide bonds. The third-order valence-corrected chi connectivity index (χ3v) is 3.01. The zero-order valence-corrected chi connectivity index (χ0v) is 7.83. The van der Waals surface area contributed by atoms with Crippen molar-refractivity contribution in [2.45, 2.75) is 25.7 Å². The summed E-state index contributed by atoms with van der Waals surface area (Å²) >= 11 is 1.64. The molecule has 0 aromatic carbocycles. The molecule has 0 bridgehead atoms. The topological polar surface area (TPSA) is 26.3 Å². The maximum atomic E-state index is 10.8. The van der Waals surface area contributed by atoms with Gasteiger partial charge in [-0.2, -0.15) is 0 Å². The van der Waals surface area contributed by atoms with Crippen molar-refractivity contribution in [3.63, 3.8) is 0 Å². The van der Waals surface area contributed by atoms with Crippen LogP contribution in [-0.4, -0.2) is 16.7 Å². The highest BCUT2D eigenvalue weighted by molar-refractivity contribution is 8.00. The summed E-state index contributed by atoms with van der Waals surface area (Å²) in [7, 11) is 0. The third kappa shape index (κ3) is 1.59. The number of hydrogen-bond acceptors (Lipinski definition) is 3. The van der Waals surface area contributed by atoms with Crippen LogP contribution in [0.4, 0.5) is 0 Å². The van der Waals surface area contributed by atoms with Crippen molar-refractivity contribution in [3.8, 4) is 0 Å². The lowest BCUT2D eigenvalue weighted by Crippen LogP contribution is -2.22. The van der Waals surface area contributed by atoms with E-state index in [1.54, 1.807) is 17.8 Å². The molecule has 1 aliphatic heterocycles. The predicted molar refractivity (Wildman–Crippen MR) is 46.4 cm³/mol. The molecule has 1 aliphatic rings. The molecule has 0 aromatic rings. The molecular formula is C8H12O2S. The highest BCUT2D eigenvalue weighted by Crippen LogP contribution is 2.37. The number of ether oxygens (including phenoxy) is 1. The van der Waals surface area contributed by atoms with Gasteiger partial charge in [0.1, 0.15) is 0 Å². The molecule has 0 saturated heterocycles. The smallest absolute Gasteiger partial charge is 0.332 e. The van der Waals surface area contributed by atoms with Crippen LogP contribution in [0.15, 0.2) is 11.6 Å². The van der Waals surface area contributed by atoms with Gasteiger partial charge in [-0.15, -0.1) is 11.8 Å². The minimum absolute atomic E-state index is 0.217. The second-order valence-electron chi connectivity index (χ2n) is 2.63. The highest BCUT2D eigenvalue weighted by atomic mass is 32.2. The number of hydrogen-bond donors (Lipinski definition) is 0. The quantitative estimate of drug-likeness (QED) is 0.596. The van der Waals surface area contributed by atoms with Crippen molar-refractivity contribution >= 4 is 17.7 Å². The normalized spacial score (nSPS) is 30.1. The Morgan fingerprint density at radius 2 is 2.36 bits per heavy atom. The van der Waals surface area contributed by atoms with Crippen LogP contribution >= 0.6 is 11.8 Å². The van der Waals surface area contributed by atoms with Crippen molar-refractivity contribution in [3.05, 3.63) is 11.6 Å². The van der Waals surface area contributed by atoms with Gasteiger partial charge in [-0.3, -0.25) is 0 Å². The molecule has 0 aromatic heterocycles. The Labute approximate surface area is 71.0 Å². The van der Waals surface area contributed by atoms with Crippen molar-refractivity contribution in [1.29, 1.82) is 0 Å². The summed E-state index contributed by atoms with van der Waals surface area (Å²) in [5.41, 5.74) is 1.01. The number of esters is 1. The summed E-state index contributed by atoms with van der Waals surface area (Å²) in [4.78, 5) is 10.4. The molecule has 0 aliphatic carbocycles. The second kappa shape index (κ2) is 2.89. The van der Waals surface area contributed by atoms with Crippen molar-refractivity contribution < 1.29 is 9.53 Å². The van der Waals surface area contributed by atoms with Crippen LogP contribution in [-0.2, 0) is 9.53 Å². The maximum Gasteiger partial charge on any atom is 0.332 e. The van der Waals surface area contributed by atoms with E-state index in [0.717, 1.165) is 11.3 Å². The van der Waals surface area contributed by atoms with Crippen LogP contribution in [0.1, 0.15) is 20.8 Å². The average molecular weight is 172 g/mol. The van der Waals surface area contributed by atoms with E-state index in [1.165, 1.54) is 0 Å². The van der Waals surface area contributed by atoms with Gasteiger partial charge < -0.3 is 4.74 Å². The molecule has 1 heterocycles. The first-order valence-electron chi connectivity index (χ1n) is 3.64. The minimum Gasteiger partial charge on any atom is -0.441 e. The Morgan fingerprint density at radius 3 is 2.73 bits per heavy atom. The fourth-order valence-corrected chi connectivity index (χ4v) is 2.01. The van der Waals surface area contributed by atoms with E-state index < -0.39 is 4.93 Å². The van der Waals surface area contributed by atoms with Gasteiger partial charge in [-0.25, -0.2) is 4.79 Å². The molecule has 0 N–H and O–H groups in total. The summed E-state index contributed by atoms with van der Waals surface area (Å²) < 4.78 is 5.13. The van der Waals surface area contributed by atoms with E-state index in [4.69, 9.17) is 4.74 Å². The fraction of sp³-hybridized carbons (Fsp3) is 0.625. The van der Waals surface area contributed by atoms with Crippen molar-refractivity contribution in [2.75, 3.05) is 5.75 Å². The van der Waals surface area contributed by atoms with Gasteiger partial charge in [0.2, 0.25) is 0 Å². The third-order valence-electron chi connectivity index (χ3n) is 1.77. The summed E-state index contributed by atoms with van der Waals surface area (Å²) in [6.07, 6.45) is 1.56. The highest BCUT2D eigenvalue weighted by Gasteiger charge is 2.35. The van der Waals surface area contributed by atoms with E-state index in [1.807, 2.05) is 13.8 Å². The first-order valence-corrected chi connectivity index (χ1v) is 4.63. The Bertz CT molecular complexity index is 210. The SMILES string of the molecule is CCSC1(C)OC(=O)C=C1C. The second-order valence-corrected chi connectivity index (χ2v) is 4.27. The molecule has 0 spiro atoms. The summed E-state index contributed by atoms with van der Waals surface area (Å²) in [5.74, 6) is 0.737. The average Bonchev–Trinajstić information content (AvgIpc) is 2.08. The van der Waals surface area contributed by atoms with Crippen LogP contribution in [0.25, 0.3) is 0 Å². The molecular weight excluding hydrogens is 160 g/mol. The Balaban J connectivity index is 2.74. The van der Waals surface area contributed by atoms with Gasteiger partial charge in [-0.05, 0) is 25.2 Å². The first kappa shape index (κ1) is 8.65. The molecule has 1 unspecified atom stereocenters. The number of carbonyl (C=O) groups is 1. The largest absolute Gasteiger partial charge is 0.441 e. The molecule has 1 rings (SSSR count). The Morgan fingerprint density at radius 1 is 1.73 bits per heavy atom. The van der Waals surface area contributed by atoms with Crippen LogP contribution < -0.4 is 0 Å². The van der Waals surface area contributed by atoms with Crippen LogP contribution in [0.2, 0.25) is 0 Å². The molecule has 3 heteroatoms. The van der Waals surface area contributed by atoms with Crippen molar-refractivity contribution in [1.82, 2.24) is 0 Å². The molecule has 2 nitrogen and oxygen atoms in total. The number of cyclic esters (lactones) is 1. The van der Waals surface area contributed by atoms with Crippen LogP contribution in [0.5, 0.6) is 0 Å². The van der Waals surface area contributed by atoms with Gasteiger partial charge in [0.05, 0.1) is 0 Å². The monoisotopic (exact) mass is 172 g/mol. The van der Waals surface area contributed by atoms with Crippen LogP contribution in [0, 0.1) is 0 Å². The zero-order chi connectivity index (χ0) is 8.48. The van der Waals surface area contributed by atoms with Crippen molar-refractivity contribution in [2.24, 2.45) is 0 Å². The lowest BCUT2D eigenvalue weighted by molar-refractivity contribution is -0.139.